The second-order valence-corrected chi connectivity index (χ2v) is 5.19. The van der Waals surface area contributed by atoms with Crippen LogP contribution in [0.2, 0.25) is 0 Å². The third-order valence-corrected chi connectivity index (χ3v) is 3.54. The quantitative estimate of drug-likeness (QED) is 0.839. The Bertz CT molecular complexity index is 650. The molecule has 0 radical (unpaired) electrons. The first kappa shape index (κ1) is 17.0. The molecule has 0 aromatic heterocycles. The van der Waals surface area contributed by atoms with Gasteiger partial charge in [0, 0.05) is 23.9 Å². The number of rotatable bonds is 7. The summed E-state index contributed by atoms with van der Waals surface area (Å²) in [6.45, 7) is 5.01. The van der Waals surface area contributed by atoms with Crippen molar-refractivity contribution in [3.05, 3.63) is 59.2 Å². The lowest BCUT2D eigenvalue weighted by Crippen LogP contribution is -2.12. The fraction of sp³-hybridized carbons (Fsp3) is 0.316. The summed E-state index contributed by atoms with van der Waals surface area (Å²) in [7, 11) is 1.62. The molecule has 122 valence electrons. The van der Waals surface area contributed by atoms with Gasteiger partial charge in [-0.15, -0.1) is 0 Å². The van der Waals surface area contributed by atoms with Crippen molar-refractivity contribution in [3.8, 4) is 5.75 Å². The fourth-order valence-corrected chi connectivity index (χ4v) is 2.31. The van der Waals surface area contributed by atoms with Crippen molar-refractivity contribution in [1.82, 2.24) is 0 Å². The zero-order chi connectivity index (χ0) is 16.7. The van der Waals surface area contributed by atoms with E-state index >= 15 is 0 Å². The topological polar surface area (TPSA) is 47.6 Å². The van der Waals surface area contributed by atoms with Crippen molar-refractivity contribution in [1.29, 1.82) is 0 Å². The Balaban J connectivity index is 2.15. The van der Waals surface area contributed by atoms with Gasteiger partial charge in [0.1, 0.15) is 5.75 Å². The molecule has 2 aromatic rings. The molecule has 0 atom stereocenters. The van der Waals surface area contributed by atoms with Crippen molar-refractivity contribution in [2.24, 2.45) is 0 Å². The first-order chi connectivity index (χ1) is 11.2. The molecule has 0 aliphatic heterocycles. The van der Waals surface area contributed by atoms with E-state index < -0.39 is 0 Å². The maximum Gasteiger partial charge on any atom is 0.255 e. The molecule has 23 heavy (non-hydrogen) atoms. The van der Waals surface area contributed by atoms with Crippen LogP contribution in [0.5, 0.6) is 5.75 Å². The van der Waals surface area contributed by atoms with Gasteiger partial charge in [0.05, 0.1) is 13.2 Å². The van der Waals surface area contributed by atoms with Crippen LogP contribution in [0.3, 0.4) is 0 Å². The molecule has 1 N–H and O–H groups in total. The number of nitrogens with one attached hydrogen (secondary N) is 1. The van der Waals surface area contributed by atoms with Crippen LogP contribution in [0.4, 0.5) is 5.69 Å². The summed E-state index contributed by atoms with van der Waals surface area (Å²) >= 11 is 0. The number of carbonyl (C=O) groups excluding carboxylic acids is 1. The van der Waals surface area contributed by atoms with Gasteiger partial charge in [-0.3, -0.25) is 4.79 Å². The predicted octanol–water partition coefficient (Wildman–Crippen LogP) is 4.05. The highest BCUT2D eigenvalue weighted by Crippen LogP contribution is 2.22. The number of anilines is 1. The Morgan fingerprint density at radius 1 is 1.09 bits per heavy atom. The summed E-state index contributed by atoms with van der Waals surface area (Å²) < 4.78 is 10.7. The molecule has 4 heteroatoms. The fourth-order valence-electron chi connectivity index (χ4n) is 2.31. The molecule has 1 amide bonds. The van der Waals surface area contributed by atoms with Gasteiger partial charge in [-0.1, -0.05) is 19.1 Å². The van der Waals surface area contributed by atoms with E-state index in [2.05, 4.69) is 12.2 Å². The van der Waals surface area contributed by atoms with Gasteiger partial charge in [0.25, 0.3) is 5.91 Å². The van der Waals surface area contributed by atoms with E-state index in [9.17, 15) is 4.79 Å². The minimum absolute atomic E-state index is 0.144. The Labute approximate surface area is 137 Å². The molecule has 4 nitrogen and oxygen atoms in total. The Morgan fingerprint density at radius 2 is 1.83 bits per heavy atom. The zero-order valence-corrected chi connectivity index (χ0v) is 13.9. The van der Waals surface area contributed by atoms with E-state index in [1.165, 1.54) is 5.56 Å². The number of carbonyl (C=O) groups is 1. The van der Waals surface area contributed by atoms with Crippen LogP contribution in [0.1, 0.15) is 35.3 Å². The number of benzene rings is 2. The van der Waals surface area contributed by atoms with Gasteiger partial charge in [-0.2, -0.15) is 0 Å². The van der Waals surface area contributed by atoms with Crippen molar-refractivity contribution < 1.29 is 14.3 Å². The van der Waals surface area contributed by atoms with Crippen molar-refractivity contribution in [3.63, 3.8) is 0 Å². The van der Waals surface area contributed by atoms with E-state index in [4.69, 9.17) is 9.47 Å². The van der Waals surface area contributed by atoms with E-state index in [-0.39, 0.29) is 5.91 Å². The molecule has 0 fully saturated rings. The molecule has 0 bridgehead atoms. The van der Waals surface area contributed by atoms with Gasteiger partial charge in [0.2, 0.25) is 0 Å². The van der Waals surface area contributed by atoms with Crippen LogP contribution in [-0.4, -0.2) is 19.6 Å². The average molecular weight is 313 g/mol. The molecule has 0 aliphatic carbocycles. The second-order valence-electron chi connectivity index (χ2n) is 5.19. The average Bonchev–Trinajstić information content (AvgIpc) is 2.57. The van der Waals surface area contributed by atoms with Gasteiger partial charge in [0.15, 0.2) is 0 Å². The van der Waals surface area contributed by atoms with Gasteiger partial charge < -0.3 is 14.8 Å². The Morgan fingerprint density at radius 3 is 2.43 bits per heavy atom. The molecular formula is C19H23NO3. The zero-order valence-electron chi connectivity index (χ0n) is 13.9. The molecule has 0 saturated carbocycles. The standard InChI is InChI=1S/C19H23NO3/c1-4-14-6-9-17(10-7-14)20-19(21)15-8-11-18(23-5-2)16(12-15)13-22-3/h6-12H,4-5,13H2,1-3H3,(H,20,21). The molecule has 0 unspecified atom stereocenters. The number of aryl methyl sites for hydroxylation is 1. The highest BCUT2D eigenvalue weighted by atomic mass is 16.5. The summed E-state index contributed by atoms with van der Waals surface area (Å²) in [4.78, 5) is 12.4. The minimum atomic E-state index is -0.144. The molecule has 0 aliphatic rings. The van der Waals surface area contributed by atoms with Crippen molar-refractivity contribution >= 4 is 11.6 Å². The summed E-state index contributed by atoms with van der Waals surface area (Å²) in [5.74, 6) is 0.604. The lowest BCUT2D eigenvalue weighted by Gasteiger charge is -2.12. The van der Waals surface area contributed by atoms with E-state index in [0.29, 0.717) is 18.8 Å². The largest absolute Gasteiger partial charge is 0.494 e. The molecule has 2 rings (SSSR count). The Hall–Kier alpha value is -2.33. The van der Waals surface area contributed by atoms with E-state index in [1.54, 1.807) is 13.2 Å². The van der Waals surface area contributed by atoms with E-state index in [1.807, 2.05) is 43.3 Å². The normalized spacial score (nSPS) is 10.4. The van der Waals surface area contributed by atoms with Crippen LogP contribution in [-0.2, 0) is 17.8 Å². The van der Waals surface area contributed by atoms with Crippen LogP contribution in [0.25, 0.3) is 0 Å². The third-order valence-electron chi connectivity index (χ3n) is 3.54. The van der Waals surface area contributed by atoms with Gasteiger partial charge in [-0.25, -0.2) is 0 Å². The second kappa shape index (κ2) is 8.34. The smallest absolute Gasteiger partial charge is 0.255 e. The maximum atomic E-state index is 12.4. The summed E-state index contributed by atoms with van der Waals surface area (Å²) in [6.07, 6.45) is 0.980. The van der Waals surface area contributed by atoms with Crippen LogP contribution < -0.4 is 10.1 Å². The highest BCUT2D eigenvalue weighted by Gasteiger charge is 2.11. The third kappa shape index (κ3) is 4.57. The monoisotopic (exact) mass is 313 g/mol. The van der Waals surface area contributed by atoms with Gasteiger partial charge in [-0.05, 0) is 49.2 Å². The first-order valence-corrected chi connectivity index (χ1v) is 7.82. The number of hydrogen-bond donors (Lipinski definition) is 1. The number of amides is 1. The Kier molecular flexibility index (Phi) is 6.18. The number of hydrogen-bond acceptors (Lipinski definition) is 3. The van der Waals surface area contributed by atoms with Crippen LogP contribution in [0, 0.1) is 0 Å². The van der Waals surface area contributed by atoms with Crippen molar-refractivity contribution in [2.45, 2.75) is 26.9 Å². The summed E-state index contributed by atoms with van der Waals surface area (Å²) in [5.41, 5.74) is 3.48. The maximum absolute atomic E-state index is 12.4. The molecule has 2 aromatic carbocycles. The summed E-state index contributed by atoms with van der Waals surface area (Å²) in [5, 5.41) is 2.91. The number of methoxy groups -OCH3 is 1. The lowest BCUT2D eigenvalue weighted by molar-refractivity contribution is 0.102. The molecule has 0 heterocycles. The molecule has 0 saturated heterocycles. The first-order valence-electron chi connectivity index (χ1n) is 7.82. The molecular weight excluding hydrogens is 290 g/mol. The SMILES string of the molecule is CCOc1ccc(C(=O)Nc2ccc(CC)cc2)cc1COC. The van der Waals surface area contributed by atoms with E-state index in [0.717, 1.165) is 23.4 Å². The number of ether oxygens (including phenoxy) is 2. The van der Waals surface area contributed by atoms with Crippen molar-refractivity contribution in [2.75, 3.05) is 19.0 Å². The predicted molar refractivity (Wildman–Crippen MR) is 92.1 cm³/mol. The summed E-state index contributed by atoms with van der Waals surface area (Å²) in [6, 6.07) is 13.3. The van der Waals surface area contributed by atoms with Gasteiger partial charge >= 0.3 is 0 Å². The van der Waals surface area contributed by atoms with Crippen LogP contribution in [0.15, 0.2) is 42.5 Å². The molecule has 0 spiro atoms. The van der Waals surface area contributed by atoms with Crippen LogP contribution >= 0.6 is 0 Å². The highest BCUT2D eigenvalue weighted by molar-refractivity contribution is 6.04. The lowest BCUT2D eigenvalue weighted by atomic mass is 10.1. The minimum Gasteiger partial charge on any atom is -0.494 e.